The highest BCUT2D eigenvalue weighted by Crippen LogP contribution is 2.26. The van der Waals surface area contributed by atoms with E-state index in [4.69, 9.17) is 14.7 Å². The van der Waals surface area contributed by atoms with Crippen molar-refractivity contribution in [3.8, 4) is 17.6 Å². The summed E-state index contributed by atoms with van der Waals surface area (Å²) in [6.07, 6.45) is -0.448. The molecule has 80 valence electrons. The molecule has 1 aromatic rings. The standard InChI is InChI=1S/C11H12BrNO2/c1-8(7-13)15-11-4-3-10(14-2)5-9(11)6-12/h3-5,8H,6H2,1-2H3. The van der Waals surface area contributed by atoms with E-state index in [9.17, 15) is 0 Å². The predicted molar refractivity (Wildman–Crippen MR) is 61.3 cm³/mol. The van der Waals surface area contributed by atoms with Crippen LogP contribution in [0.2, 0.25) is 0 Å². The summed E-state index contributed by atoms with van der Waals surface area (Å²) in [6.45, 7) is 1.71. The Bertz CT molecular complexity index is 373. The monoisotopic (exact) mass is 269 g/mol. The molecule has 1 unspecified atom stereocenters. The van der Waals surface area contributed by atoms with Gasteiger partial charge in [-0.05, 0) is 25.1 Å². The highest BCUT2D eigenvalue weighted by molar-refractivity contribution is 9.08. The van der Waals surface area contributed by atoms with Gasteiger partial charge in [0.05, 0.1) is 7.11 Å². The van der Waals surface area contributed by atoms with E-state index < -0.39 is 6.10 Å². The Morgan fingerprint density at radius 2 is 2.27 bits per heavy atom. The molecule has 0 spiro atoms. The summed E-state index contributed by atoms with van der Waals surface area (Å²) in [6, 6.07) is 7.53. The first-order chi connectivity index (χ1) is 7.21. The fraction of sp³-hybridized carbons (Fsp3) is 0.364. The third-order valence-electron chi connectivity index (χ3n) is 1.90. The van der Waals surface area contributed by atoms with Crippen molar-refractivity contribution in [2.45, 2.75) is 18.4 Å². The minimum Gasteiger partial charge on any atom is -0.497 e. The molecule has 0 bridgehead atoms. The van der Waals surface area contributed by atoms with Gasteiger partial charge in [0.2, 0.25) is 0 Å². The van der Waals surface area contributed by atoms with Crippen LogP contribution in [0.1, 0.15) is 12.5 Å². The molecule has 1 rings (SSSR count). The zero-order chi connectivity index (χ0) is 11.3. The normalized spacial score (nSPS) is 11.6. The average Bonchev–Trinajstić information content (AvgIpc) is 2.29. The molecule has 1 atom stereocenters. The van der Waals surface area contributed by atoms with E-state index in [-0.39, 0.29) is 0 Å². The van der Waals surface area contributed by atoms with Gasteiger partial charge in [0, 0.05) is 10.9 Å². The van der Waals surface area contributed by atoms with Gasteiger partial charge in [0.15, 0.2) is 6.10 Å². The molecule has 3 nitrogen and oxygen atoms in total. The molecule has 0 saturated carbocycles. The second-order valence-electron chi connectivity index (χ2n) is 3.00. The Balaban J connectivity index is 2.93. The molecule has 0 aliphatic carbocycles. The van der Waals surface area contributed by atoms with Crippen molar-refractivity contribution in [3.63, 3.8) is 0 Å². The zero-order valence-corrected chi connectivity index (χ0v) is 10.2. The highest BCUT2D eigenvalue weighted by atomic mass is 79.9. The average molecular weight is 270 g/mol. The molecular weight excluding hydrogens is 258 g/mol. The topological polar surface area (TPSA) is 42.2 Å². The molecule has 0 fully saturated rings. The SMILES string of the molecule is COc1ccc(OC(C)C#N)c(CBr)c1. The van der Waals surface area contributed by atoms with Crippen LogP contribution in [-0.4, -0.2) is 13.2 Å². The van der Waals surface area contributed by atoms with Crippen LogP contribution in [0.4, 0.5) is 0 Å². The first-order valence-electron chi connectivity index (χ1n) is 4.50. The predicted octanol–water partition coefficient (Wildman–Crippen LogP) is 2.88. The lowest BCUT2D eigenvalue weighted by atomic mass is 10.2. The number of ether oxygens (including phenoxy) is 2. The molecule has 0 amide bonds. The van der Waals surface area contributed by atoms with Crippen molar-refractivity contribution < 1.29 is 9.47 Å². The Morgan fingerprint density at radius 1 is 1.53 bits per heavy atom. The Hall–Kier alpha value is -1.21. The molecule has 0 aliphatic heterocycles. The molecule has 4 heteroatoms. The summed E-state index contributed by atoms with van der Waals surface area (Å²) in [4.78, 5) is 0. The number of methoxy groups -OCH3 is 1. The van der Waals surface area contributed by atoms with Crippen molar-refractivity contribution >= 4 is 15.9 Å². The van der Waals surface area contributed by atoms with Gasteiger partial charge >= 0.3 is 0 Å². The summed E-state index contributed by atoms with van der Waals surface area (Å²) in [5, 5.41) is 9.31. The van der Waals surface area contributed by atoms with Crippen LogP contribution in [0.25, 0.3) is 0 Å². The Labute approximate surface area is 97.7 Å². The lowest BCUT2D eigenvalue weighted by Crippen LogP contribution is -2.09. The van der Waals surface area contributed by atoms with Crippen LogP contribution in [0, 0.1) is 11.3 Å². The number of benzene rings is 1. The van der Waals surface area contributed by atoms with Gasteiger partial charge < -0.3 is 9.47 Å². The van der Waals surface area contributed by atoms with Crippen LogP contribution < -0.4 is 9.47 Å². The van der Waals surface area contributed by atoms with Gasteiger partial charge in [0.1, 0.15) is 17.6 Å². The van der Waals surface area contributed by atoms with Crippen molar-refractivity contribution in [2.24, 2.45) is 0 Å². The first kappa shape index (κ1) is 11.9. The molecule has 15 heavy (non-hydrogen) atoms. The van der Waals surface area contributed by atoms with Crippen LogP contribution in [0.3, 0.4) is 0 Å². The fourth-order valence-electron chi connectivity index (χ4n) is 1.12. The van der Waals surface area contributed by atoms with Crippen LogP contribution in [0.15, 0.2) is 18.2 Å². The minimum atomic E-state index is -0.448. The highest BCUT2D eigenvalue weighted by Gasteiger charge is 2.07. The van der Waals surface area contributed by atoms with E-state index in [1.54, 1.807) is 14.0 Å². The maximum Gasteiger partial charge on any atom is 0.181 e. The maximum absolute atomic E-state index is 8.65. The molecule has 0 N–H and O–H groups in total. The molecule has 0 aromatic heterocycles. The van der Waals surface area contributed by atoms with E-state index in [0.29, 0.717) is 11.1 Å². The first-order valence-corrected chi connectivity index (χ1v) is 5.62. The number of alkyl halides is 1. The van der Waals surface area contributed by atoms with Crippen LogP contribution >= 0.6 is 15.9 Å². The summed E-state index contributed by atoms with van der Waals surface area (Å²) in [5.74, 6) is 1.49. The number of hydrogen-bond acceptors (Lipinski definition) is 3. The van der Waals surface area contributed by atoms with Crippen molar-refractivity contribution in [1.29, 1.82) is 5.26 Å². The number of hydrogen-bond donors (Lipinski definition) is 0. The zero-order valence-electron chi connectivity index (χ0n) is 8.66. The van der Waals surface area contributed by atoms with E-state index in [0.717, 1.165) is 11.3 Å². The molecule has 0 aliphatic rings. The Kier molecular flexibility index (Phi) is 4.44. The summed E-state index contributed by atoms with van der Waals surface area (Å²) in [7, 11) is 1.62. The molecule has 0 saturated heterocycles. The summed E-state index contributed by atoms with van der Waals surface area (Å²) < 4.78 is 10.5. The maximum atomic E-state index is 8.65. The van der Waals surface area contributed by atoms with Crippen molar-refractivity contribution in [3.05, 3.63) is 23.8 Å². The van der Waals surface area contributed by atoms with E-state index in [2.05, 4.69) is 15.9 Å². The molecule has 1 aromatic carbocycles. The van der Waals surface area contributed by atoms with Gasteiger partial charge in [-0.15, -0.1) is 0 Å². The molecule has 0 radical (unpaired) electrons. The second kappa shape index (κ2) is 5.62. The van der Waals surface area contributed by atoms with E-state index in [1.165, 1.54) is 0 Å². The van der Waals surface area contributed by atoms with Gasteiger partial charge in [-0.25, -0.2) is 0 Å². The van der Waals surface area contributed by atoms with E-state index >= 15 is 0 Å². The van der Waals surface area contributed by atoms with Gasteiger partial charge in [0.25, 0.3) is 0 Å². The smallest absolute Gasteiger partial charge is 0.181 e. The number of rotatable bonds is 4. The van der Waals surface area contributed by atoms with Crippen molar-refractivity contribution in [2.75, 3.05) is 7.11 Å². The van der Waals surface area contributed by atoms with Crippen LogP contribution in [-0.2, 0) is 5.33 Å². The number of nitriles is 1. The molecular formula is C11H12BrNO2. The fourth-order valence-corrected chi connectivity index (χ4v) is 1.56. The largest absolute Gasteiger partial charge is 0.497 e. The third kappa shape index (κ3) is 3.14. The quantitative estimate of drug-likeness (QED) is 0.790. The lowest BCUT2D eigenvalue weighted by molar-refractivity contribution is 0.274. The molecule has 0 heterocycles. The lowest BCUT2D eigenvalue weighted by Gasteiger charge is -2.12. The third-order valence-corrected chi connectivity index (χ3v) is 2.50. The number of nitrogens with zero attached hydrogens (tertiary/aromatic N) is 1. The summed E-state index contributed by atoms with van der Waals surface area (Å²) in [5.41, 5.74) is 0.969. The van der Waals surface area contributed by atoms with Gasteiger partial charge in [-0.2, -0.15) is 5.26 Å². The number of halogens is 1. The van der Waals surface area contributed by atoms with Gasteiger partial charge in [-0.3, -0.25) is 0 Å². The van der Waals surface area contributed by atoms with E-state index in [1.807, 2.05) is 24.3 Å². The summed E-state index contributed by atoms with van der Waals surface area (Å²) >= 11 is 3.37. The van der Waals surface area contributed by atoms with Crippen LogP contribution in [0.5, 0.6) is 11.5 Å². The minimum absolute atomic E-state index is 0.448. The van der Waals surface area contributed by atoms with Crippen molar-refractivity contribution in [1.82, 2.24) is 0 Å². The second-order valence-corrected chi connectivity index (χ2v) is 3.56. The van der Waals surface area contributed by atoms with Gasteiger partial charge in [-0.1, -0.05) is 15.9 Å². The Morgan fingerprint density at radius 3 is 2.80 bits per heavy atom.